The van der Waals surface area contributed by atoms with Crippen molar-refractivity contribution in [2.75, 3.05) is 18.5 Å². The van der Waals surface area contributed by atoms with Crippen molar-refractivity contribution in [2.45, 2.75) is 187 Å². The van der Waals surface area contributed by atoms with Gasteiger partial charge in [-0.25, -0.2) is 0 Å². The van der Waals surface area contributed by atoms with Crippen LogP contribution in [0.15, 0.2) is 41.6 Å². The molecule has 0 amide bonds. The molecule has 0 heterocycles. The van der Waals surface area contributed by atoms with E-state index in [-0.39, 0.29) is 16.7 Å². The Labute approximate surface area is 337 Å². The molecule has 5 rings (SSSR count). The molecule has 3 saturated carbocycles. The van der Waals surface area contributed by atoms with Crippen LogP contribution < -0.4 is 22.9 Å². The van der Waals surface area contributed by atoms with Crippen molar-refractivity contribution < 1.29 is 4.79 Å². The van der Waals surface area contributed by atoms with Crippen LogP contribution in [-0.2, 0) is 4.79 Å². The lowest BCUT2D eigenvalue weighted by atomic mass is 9.42. The van der Waals surface area contributed by atoms with Crippen molar-refractivity contribution in [2.24, 2.45) is 63.2 Å². The molecule has 9 unspecified atom stereocenters. The van der Waals surface area contributed by atoms with Crippen LogP contribution in [0.4, 0.5) is 11.4 Å². The SMILES string of the molecule is C/C=C(\C)N.CC.CC.CC.CC.CC(C)CCCC(C)C1CCC2C3CC=C4C(C)(CC=O)C(c5cc(N)cc(N)c5)CCC4(C)C3CCC12C.CN. The zero-order chi connectivity index (χ0) is 42.4. The molecule has 0 bridgehead atoms. The van der Waals surface area contributed by atoms with Crippen LogP contribution in [-0.4, -0.2) is 13.3 Å². The molecular weight excluding hydrogens is 661 g/mol. The third-order valence-corrected chi connectivity index (χ3v) is 13.4. The maximum atomic E-state index is 12.2. The lowest BCUT2D eigenvalue weighted by molar-refractivity contribution is -0.110. The van der Waals surface area contributed by atoms with E-state index < -0.39 is 0 Å². The van der Waals surface area contributed by atoms with E-state index in [2.05, 4.69) is 65.5 Å². The fraction of sp³-hybridized carbons (Fsp3) is 0.776. The molecule has 4 aliphatic carbocycles. The van der Waals surface area contributed by atoms with E-state index >= 15 is 0 Å². The van der Waals surface area contributed by atoms with Gasteiger partial charge in [0.2, 0.25) is 0 Å². The summed E-state index contributed by atoms with van der Waals surface area (Å²) in [5, 5.41) is 0. The minimum atomic E-state index is -0.177. The van der Waals surface area contributed by atoms with Crippen molar-refractivity contribution in [1.82, 2.24) is 0 Å². The molecule has 9 atom stereocenters. The fourth-order valence-electron chi connectivity index (χ4n) is 11.1. The van der Waals surface area contributed by atoms with Gasteiger partial charge in [0.15, 0.2) is 0 Å². The second kappa shape index (κ2) is 26.6. The van der Waals surface area contributed by atoms with Crippen molar-refractivity contribution in [3.8, 4) is 0 Å². The summed E-state index contributed by atoms with van der Waals surface area (Å²) in [7, 11) is 1.50. The number of hydrogen-bond acceptors (Lipinski definition) is 5. The number of nitrogen functional groups attached to an aromatic ring is 2. The Morgan fingerprint density at radius 1 is 0.815 bits per heavy atom. The van der Waals surface area contributed by atoms with E-state index in [1.54, 1.807) is 5.57 Å². The Morgan fingerprint density at radius 2 is 1.35 bits per heavy atom. The highest BCUT2D eigenvalue weighted by Gasteiger charge is 2.61. The van der Waals surface area contributed by atoms with Crippen LogP contribution in [0.25, 0.3) is 0 Å². The first kappa shape index (κ1) is 53.8. The standard InChI is InChI=1S/C36H56N2O.C4H9N.4C2H6.CH5N/c1-23(2)8-7-9-24(3)29-11-12-31-28-10-13-33-35(5,32(28)15-16-34(29,31)4)17-14-30(36(33,6)18-19-39)25-20-26(37)22-27(38)21-25;1-3-4(2)5;5*1-2/h13,19-24,28-32H,7-12,14-18,37-38H2,1-6H3;3H,5H2,1-2H3;4*1-2H3;2H2,1H3/b;4-3+;;;;;. The maximum Gasteiger partial charge on any atom is 0.120 e. The zero-order valence-electron chi connectivity index (χ0n) is 39.0. The van der Waals surface area contributed by atoms with E-state index in [4.69, 9.17) is 17.2 Å². The van der Waals surface area contributed by atoms with Gasteiger partial charge < -0.3 is 27.7 Å². The zero-order valence-corrected chi connectivity index (χ0v) is 39.0. The lowest BCUT2D eigenvalue weighted by Gasteiger charge is -2.62. The molecule has 316 valence electrons. The minimum absolute atomic E-state index is 0.177. The fourth-order valence-corrected chi connectivity index (χ4v) is 11.1. The van der Waals surface area contributed by atoms with Crippen LogP contribution in [0.2, 0.25) is 0 Å². The number of fused-ring (bicyclic) bond motifs is 5. The predicted molar refractivity (Wildman–Crippen MR) is 244 cm³/mol. The molecule has 4 aliphatic rings. The van der Waals surface area contributed by atoms with Crippen LogP contribution in [0.5, 0.6) is 0 Å². The van der Waals surface area contributed by atoms with E-state index in [9.17, 15) is 4.79 Å². The van der Waals surface area contributed by atoms with Gasteiger partial charge in [-0.1, -0.05) is 134 Å². The normalized spacial score (nSPS) is 30.8. The molecule has 0 radical (unpaired) electrons. The summed E-state index contributed by atoms with van der Waals surface area (Å²) in [5.41, 5.74) is 27.8. The van der Waals surface area contributed by atoms with E-state index in [0.717, 1.165) is 59.0 Å². The Hall–Kier alpha value is -2.27. The van der Waals surface area contributed by atoms with Crippen LogP contribution >= 0.6 is 0 Å². The number of carbonyl (C=O) groups is 1. The molecule has 0 aliphatic heterocycles. The number of aldehydes is 1. The van der Waals surface area contributed by atoms with Gasteiger partial charge in [0, 0.05) is 28.9 Å². The molecule has 5 heteroatoms. The highest BCUT2D eigenvalue weighted by Crippen LogP contribution is 2.71. The van der Waals surface area contributed by atoms with Crippen molar-refractivity contribution in [3.63, 3.8) is 0 Å². The summed E-state index contributed by atoms with van der Waals surface area (Å²) < 4.78 is 0. The van der Waals surface area contributed by atoms with Crippen molar-refractivity contribution in [1.29, 1.82) is 0 Å². The van der Waals surface area contributed by atoms with Crippen LogP contribution in [0.1, 0.15) is 193 Å². The number of hydrogen-bond donors (Lipinski definition) is 4. The highest BCUT2D eigenvalue weighted by molar-refractivity contribution is 5.58. The first-order chi connectivity index (χ1) is 25.7. The topological polar surface area (TPSA) is 121 Å². The second-order valence-corrected chi connectivity index (χ2v) is 16.5. The second-order valence-electron chi connectivity index (χ2n) is 16.5. The van der Waals surface area contributed by atoms with Gasteiger partial charge in [-0.2, -0.15) is 0 Å². The number of carbonyl (C=O) groups excluding carboxylic acids is 1. The molecule has 0 spiro atoms. The smallest absolute Gasteiger partial charge is 0.120 e. The first-order valence-electron chi connectivity index (χ1n) is 22.5. The molecular formula is C49H94N4O. The lowest BCUT2D eigenvalue weighted by Crippen LogP contribution is -2.53. The summed E-state index contributed by atoms with van der Waals surface area (Å²) in [4.78, 5) is 12.2. The van der Waals surface area contributed by atoms with E-state index in [0.29, 0.717) is 11.8 Å². The number of rotatable bonds is 8. The molecule has 0 saturated heterocycles. The Morgan fingerprint density at radius 3 is 1.83 bits per heavy atom. The van der Waals surface area contributed by atoms with Gasteiger partial charge >= 0.3 is 0 Å². The monoisotopic (exact) mass is 755 g/mol. The van der Waals surface area contributed by atoms with E-state index in [1.165, 1.54) is 76.7 Å². The predicted octanol–water partition coefficient (Wildman–Crippen LogP) is 13.7. The number of anilines is 2. The minimum Gasteiger partial charge on any atom is -0.403 e. The van der Waals surface area contributed by atoms with Crippen LogP contribution in [0, 0.1) is 51.8 Å². The molecule has 1 aromatic rings. The molecule has 54 heavy (non-hydrogen) atoms. The van der Waals surface area contributed by atoms with Gasteiger partial charge in [-0.3, -0.25) is 0 Å². The van der Waals surface area contributed by atoms with Gasteiger partial charge in [0.1, 0.15) is 6.29 Å². The third-order valence-electron chi connectivity index (χ3n) is 13.4. The summed E-state index contributed by atoms with van der Waals surface area (Å²) >= 11 is 0. The van der Waals surface area contributed by atoms with Gasteiger partial charge in [-0.05, 0) is 142 Å². The summed E-state index contributed by atoms with van der Waals surface area (Å²) in [5.74, 6) is 5.22. The van der Waals surface area contributed by atoms with Crippen molar-refractivity contribution >= 4 is 17.7 Å². The number of benzene rings is 1. The van der Waals surface area contributed by atoms with Gasteiger partial charge in [0.05, 0.1) is 0 Å². The maximum absolute atomic E-state index is 12.2. The van der Waals surface area contributed by atoms with Crippen molar-refractivity contribution in [3.05, 3.63) is 47.2 Å². The molecule has 5 nitrogen and oxygen atoms in total. The Kier molecular flexibility index (Phi) is 26.5. The number of nitrogens with two attached hydrogens (primary N) is 4. The number of allylic oxidation sites excluding steroid dienone is 4. The molecule has 1 aromatic carbocycles. The summed E-state index contributed by atoms with van der Waals surface area (Å²) in [6.45, 7) is 34.7. The average molecular weight is 755 g/mol. The Bertz CT molecular complexity index is 1200. The molecule has 8 N–H and O–H groups in total. The van der Waals surface area contributed by atoms with Gasteiger partial charge in [-0.15, -0.1) is 0 Å². The third kappa shape index (κ3) is 12.9. The largest absolute Gasteiger partial charge is 0.403 e. The van der Waals surface area contributed by atoms with Gasteiger partial charge in [0.25, 0.3) is 0 Å². The Balaban J connectivity index is 0. The average Bonchev–Trinajstić information content (AvgIpc) is 3.53. The summed E-state index contributed by atoms with van der Waals surface area (Å²) in [6.07, 6.45) is 19.5. The van der Waals surface area contributed by atoms with E-state index in [1.807, 2.05) is 81.4 Å². The quantitative estimate of drug-likeness (QED) is 0.120. The molecule has 3 fully saturated rings. The highest BCUT2D eigenvalue weighted by atomic mass is 16.1. The summed E-state index contributed by atoms with van der Waals surface area (Å²) in [6, 6.07) is 6.05. The molecule has 0 aromatic heterocycles. The van der Waals surface area contributed by atoms with Crippen LogP contribution in [0.3, 0.4) is 0 Å². The first-order valence-corrected chi connectivity index (χ1v) is 22.5.